The molecule has 0 saturated heterocycles. The molecule has 126 valence electrons. The van der Waals surface area contributed by atoms with Gasteiger partial charge in [-0.2, -0.15) is 0 Å². The maximum absolute atomic E-state index is 13.6. The number of hydrogen-bond acceptors (Lipinski definition) is 4. The third kappa shape index (κ3) is 3.98. The Bertz CT molecular complexity index is 797. The number of rotatable bonds is 7. The number of nitrogens with one attached hydrogen (secondary N) is 1. The molecule has 0 spiro atoms. The fourth-order valence-electron chi connectivity index (χ4n) is 2.29. The van der Waals surface area contributed by atoms with Crippen LogP contribution >= 0.6 is 0 Å². The Labute approximate surface area is 141 Å². The first-order valence-corrected chi connectivity index (χ1v) is 8.00. The SMILES string of the molecule is C=C/C=C(\C(O)=C/C)c1nc(NCCCC)c2cc(F)ccc2n1. The number of aliphatic hydroxyl groups excluding tert-OH is 1. The van der Waals surface area contributed by atoms with Crippen molar-refractivity contribution >= 4 is 22.3 Å². The van der Waals surface area contributed by atoms with Gasteiger partial charge in [0.05, 0.1) is 11.1 Å². The molecule has 0 radical (unpaired) electrons. The van der Waals surface area contributed by atoms with E-state index >= 15 is 0 Å². The van der Waals surface area contributed by atoms with Crippen molar-refractivity contribution in [1.29, 1.82) is 0 Å². The monoisotopic (exact) mass is 327 g/mol. The minimum atomic E-state index is -0.337. The fraction of sp³-hybridized carbons (Fsp3) is 0.263. The lowest BCUT2D eigenvalue weighted by Gasteiger charge is -2.12. The van der Waals surface area contributed by atoms with Gasteiger partial charge in [-0.3, -0.25) is 0 Å². The fourth-order valence-corrected chi connectivity index (χ4v) is 2.29. The van der Waals surface area contributed by atoms with Crippen molar-refractivity contribution < 1.29 is 9.50 Å². The van der Waals surface area contributed by atoms with E-state index in [4.69, 9.17) is 0 Å². The van der Waals surface area contributed by atoms with Crippen LogP contribution < -0.4 is 5.32 Å². The minimum absolute atomic E-state index is 0.0656. The van der Waals surface area contributed by atoms with Gasteiger partial charge in [-0.1, -0.05) is 26.0 Å². The van der Waals surface area contributed by atoms with Gasteiger partial charge in [0.2, 0.25) is 0 Å². The predicted molar refractivity (Wildman–Crippen MR) is 97.5 cm³/mol. The average molecular weight is 327 g/mol. The van der Waals surface area contributed by atoms with Crippen LogP contribution in [0, 0.1) is 5.82 Å². The molecule has 0 aliphatic heterocycles. The molecule has 0 fully saturated rings. The second-order valence-electron chi connectivity index (χ2n) is 5.33. The van der Waals surface area contributed by atoms with Gasteiger partial charge in [0, 0.05) is 11.9 Å². The highest BCUT2D eigenvalue weighted by Crippen LogP contribution is 2.26. The Balaban J connectivity index is 2.61. The summed E-state index contributed by atoms with van der Waals surface area (Å²) in [5.74, 6) is 0.650. The smallest absolute Gasteiger partial charge is 0.165 e. The molecule has 24 heavy (non-hydrogen) atoms. The van der Waals surface area contributed by atoms with E-state index in [1.165, 1.54) is 12.1 Å². The number of aromatic nitrogens is 2. The molecule has 1 aromatic carbocycles. The number of aliphatic hydroxyl groups is 1. The van der Waals surface area contributed by atoms with Gasteiger partial charge in [0.1, 0.15) is 17.4 Å². The molecule has 0 saturated carbocycles. The number of benzene rings is 1. The van der Waals surface area contributed by atoms with Crippen molar-refractivity contribution in [2.75, 3.05) is 11.9 Å². The highest BCUT2D eigenvalue weighted by atomic mass is 19.1. The molecule has 0 aliphatic rings. The van der Waals surface area contributed by atoms with E-state index in [2.05, 4.69) is 28.8 Å². The van der Waals surface area contributed by atoms with E-state index in [1.807, 2.05) is 0 Å². The predicted octanol–water partition coefficient (Wildman–Crippen LogP) is 5.01. The van der Waals surface area contributed by atoms with Crippen LogP contribution in [-0.2, 0) is 0 Å². The second kappa shape index (κ2) is 8.24. The normalized spacial score (nSPS) is 12.5. The lowest BCUT2D eigenvalue weighted by Crippen LogP contribution is -2.07. The summed E-state index contributed by atoms with van der Waals surface area (Å²) in [5.41, 5.74) is 1.08. The summed E-state index contributed by atoms with van der Waals surface area (Å²) in [6.45, 7) is 8.22. The summed E-state index contributed by atoms with van der Waals surface area (Å²) >= 11 is 0. The maximum Gasteiger partial charge on any atom is 0.165 e. The number of nitrogens with zero attached hydrogens (tertiary/aromatic N) is 2. The molecular weight excluding hydrogens is 305 g/mol. The van der Waals surface area contributed by atoms with E-state index in [1.54, 1.807) is 31.2 Å². The molecule has 0 atom stereocenters. The third-order valence-corrected chi connectivity index (χ3v) is 3.56. The summed E-state index contributed by atoms with van der Waals surface area (Å²) in [6.07, 6.45) is 6.80. The molecule has 5 heteroatoms. The topological polar surface area (TPSA) is 58.0 Å². The summed E-state index contributed by atoms with van der Waals surface area (Å²) < 4.78 is 13.6. The van der Waals surface area contributed by atoms with Crippen molar-refractivity contribution in [1.82, 2.24) is 9.97 Å². The zero-order valence-corrected chi connectivity index (χ0v) is 14.0. The Morgan fingerprint density at radius 1 is 1.38 bits per heavy atom. The number of unbranched alkanes of at least 4 members (excludes halogenated alkanes) is 1. The summed E-state index contributed by atoms with van der Waals surface area (Å²) in [4.78, 5) is 8.95. The third-order valence-electron chi connectivity index (χ3n) is 3.56. The highest BCUT2D eigenvalue weighted by Gasteiger charge is 2.14. The summed E-state index contributed by atoms with van der Waals surface area (Å²) in [7, 11) is 0. The van der Waals surface area contributed by atoms with Gasteiger partial charge >= 0.3 is 0 Å². The van der Waals surface area contributed by atoms with Crippen molar-refractivity contribution in [2.45, 2.75) is 26.7 Å². The molecule has 1 aromatic heterocycles. The van der Waals surface area contributed by atoms with Crippen molar-refractivity contribution in [3.05, 3.63) is 60.4 Å². The van der Waals surface area contributed by atoms with E-state index < -0.39 is 0 Å². The molecule has 1 heterocycles. The van der Waals surface area contributed by atoms with E-state index in [-0.39, 0.29) is 11.6 Å². The van der Waals surface area contributed by atoms with E-state index in [0.29, 0.717) is 28.1 Å². The van der Waals surface area contributed by atoms with Gasteiger partial charge in [-0.05, 0) is 43.7 Å². The van der Waals surface area contributed by atoms with Crippen molar-refractivity contribution in [3.8, 4) is 0 Å². The van der Waals surface area contributed by atoms with Crippen LogP contribution in [0.2, 0.25) is 0 Å². The largest absolute Gasteiger partial charge is 0.508 e. The van der Waals surface area contributed by atoms with Crippen LogP contribution in [-0.4, -0.2) is 21.6 Å². The number of allylic oxidation sites excluding steroid dienone is 4. The van der Waals surface area contributed by atoms with Crippen molar-refractivity contribution in [2.24, 2.45) is 0 Å². The van der Waals surface area contributed by atoms with Crippen molar-refractivity contribution in [3.63, 3.8) is 0 Å². The molecule has 2 rings (SSSR count). The first kappa shape index (κ1) is 17.7. The quantitative estimate of drug-likeness (QED) is 0.426. The molecule has 0 bridgehead atoms. The Kier molecular flexibility index (Phi) is 6.07. The van der Waals surface area contributed by atoms with E-state index in [0.717, 1.165) is 19.4 Å². The van der Waals surface area contributed by atoms with Gasteiger partial charge in [0.25, 0.3) is 0 Å². The lowest BCUT2D eigenvalue weighted by molar-refractivity contribution is 0.436. The first-order valence-electron chi connectivity index (χ1n) is 8.00. The van der Waals surface area contributed by atoms with Crippen LogP contribution in [0.5, 0.6) is 0 Å². The highest BCUT2D eigenvalue weighted by molar-refractivity contribution is 5.91. The number of halogens is 1. The Hall–Kier alpha value is -2.69. The minimum Gasteiger partial charge on any atom is -0.508 e. The molecule has 0 amide bonds. The molecule has 2 aromatic rings. The van der Waals surface area contributed by atoms with Crippen LogP contribution in [0.15, 0.2) is 48.8 Å². The number of fused-ring (bicyclic) bond motifs is 1. The van der Waals surface area contributed by atoms with Gasteiger partial charge < -0.3 is 10.4 Å². The zero-order chi connectivity index (χ0) is 17.5. The Morgan fingerprint density at radius 3 is 2.83 bits per heavy atom. The first-order chi connectivity index (χ1) is 11.6. The van der Waals surface area contributed by atoms with Crippen LogP contribution in [0.4, 0.5) is 10.2 Å². The lowest BCUT2D eigenvalue weighted by atomic mass is 10.1. The number of anilines is 1. The van der Waals surface area contributed by atoms with E-state index in [9.17, 15) is 9.50 Å². The standard InChI is InChI=1S/C19H22FN3O/c1-4-7-11-21-18-15-12-13(20)9-10-16(15)22-19(23-18)14(8-5-2)17(24)6-3/h5-6,8-10,12,24H,2,4,7,11H2,1,3H3,(H,21,22,23)/b14-8+,17-6+. The molecule has 2 N–H and O–H groups in total. The van der Waals surface area contributed by atoms with Gasteiger partial charge in [-0.15, -0.1) is 0 Å². The zero-order valence-electron chi connectivity index (χ0n) is 14.0. The average Bonchev–Trinajstić information content (AvgIpc) is 2.59. The second-order valence-corrected chi connectivity index (χ2v) is 5.33. The van der Waals surface area contributed by atoms with Crippen LogP contribution in [0.25, 0.3) is 16.5 Å². The molecule has 0 unspecified atom stereocenters. The molecule has 4 nitrogen and oxygen atoms in total. The Morgan fingerprint density at radius 2 is 2.17 bits per heavy atom. The van der Waals surface area contributed by atoms with Gasteiger partial charge in [-0.25, -0.2) is 14.4 Å². The number of hydrogen-bond donors (Lipinski definition) is 2. The van der Waals surface area contributed by atoms with Gasteiger partial charge in [0.15, 0.2) is 5.82 Å². The molecule has 0 aliphatic carbocycles. The summed E-state index contributed by atoms with van der Waals surface area (Å²) in [5, 5.41) is 14.0. The molecular formula is C19H22FN3O. The van der Waals surface area contributed by atoms with Crippen LogP contribution in [0.3, 0.4) is 0 Å². The summed E-state index contributed by atoms with van der Waals surface area (Å²) in [6, 6.07) is 4.39. The maximum atomic E-state index is 13.6. The van der Waals surface area contributed by atoms with Crippen LogP contribution in [0.1, 0.15) is 32.5 Å².